The van der Waals surface area contributed by atoms with Gasteiger partial charge in [-0.15, -0.1) is 0 Å². The number of pyridine rings is 1. The zero-order chi connectivity index (χ0) is 19.8. The molecule has 0 unspecified atom stereocenters. The first-order valence-corrected chi connectivity index (χ1v) is 9.98. The van der Waals surface area contributed by atoms with Crippen LogP contribution in [0.3, 0.4) is 0 Å². The molecule has 4 heterocycles. The van der Waals surface area contributed by atoms with E-state index in [1.54, 1.807) is 18.5 Å². The molecule has 29 heavy (non-hydrogen) atoms. The lowest BCUT2D eigenvalue weighted by Crippen LogP contribution is -2.47. The van der Waals surface area contributed by atoms with E-state index in [1.165, 1.54) is 6.07 Å². The molecule has 2 aromatic heterocycles. The quantitative estimate of drug-likeness (QED) is 0.684. The molecule has 7 heteroatoms. The predicted molar refractivity (Wildman–Crippen MR) is 109 cm³/mol. The molecule has 2 fully saturated rings. The Morgan fingerprint density at radius 3 is 2.59 bits per heavy atom. The molecule has 1 aromatic carbocycles. The van der Waals surface area contributed by atoms with Crippen molar-refractivity contribution < 1.29 is 4.39 Å². The van der Waals surface area contributed by atoms with Crippen molar-refractivity contribution in [1.29, 1.82) is 5.26 Å². The first-order valence-electron chi connectivity index (χ1n) is 9.98. The number of hydrogen-bond donors (Lipinski definition) is 0. The standard InChI is InChI=1S/C22H21FN6/c23-18-11-20(27-19-4-2-1-3-17(18)19)29-13-16(14-29)21-22(26-8-7-25-21)28-9-5-15(12-24)6-10-28/h1-4,7-8,11,15-16H,5-6,9-10,13-14H2. The van der Waals surface area contributed by atoms with Crippen molar-refractivity contribution in [1.82, 2.24) is 15.0 Å². The number of benzene rings is 1. The highest BCUT2D eigenvalue weighted by molar-refractivity contribution is 5.81. The van der Waals surface area contributed by atoms with Crippen LogP contribution in [0.2, 0.25) is 0 Å². The zero-order valence-electron chi connectivity index (χ0n) is 16.0. The smallest absolute Gasteiger partial charge is 0.150 e. The summed E-state index contributed by atoms with van der Waals surface area (Å²) < 4.78 is 14.4. The van der Waals surface area contributed by atoms with Crippen LogP contribution in [0.1, 0.15) is 24.5 Å². The summed E-state index contributed by atoms with van der Waals surface area (Å²) in [5.74, 6) is 1.72. The van der Waals surface area contributed by atoms with Gasteiger partial charge in [-0.05, 0) is 25.0 Å². The third-order valence-electron chi connectivity index (χ3n) is 5.93. The number of fused-ring (bicyclic) bond motifs is 1. The van der Waals surface area contributed by atoms with E-state index >= 15 is 0 Å². The summed E-state index contributed by atoms with van der Waals surface area (Å²) in [6.45, 7) is 3.14. The second-order valence-corrected chi connectivity index (χ2v) is 7.74. The van der Waals surface area contributed by atoms with Crippen LogP contribution in [-0.4, -0.2) is 41.1 Å². The van der Waals surface area contributed by atoms with Crippen LogP contribution in [0.15, 0.2) is 42.7 Å². The molecule has 0 N–H and O–H groups in total. The first kappa shape index (κ1) is 17.8. The van der Waals surface area contributed by atoms with Crippen molar-refractivity contribution in [2.24, 2.45) is 5.92 Å². The van der Waals surface area contributed by atoms with Gasteiger partial charge < -0.3 is 9.80 Å². The SMILES string of the molecule is N#CC1CCN(c2nccnc2C2CN(c3cc(F)c4ccccc4n3)C2)CC1. The van der Waals surface area contributed by atoms with Crippen molar-refractivity contribution in [3.8, 4) is 6.07 Å². The van der Waals surface area contributed by atoms with Crippen LogP contribution in [0.25, 0.3) is 10.9 Å². The number of halogens is 1. The zero-order valence-corrected chi connectivity index (χ0v) is 16.0. The minimum absolute atomic E-state index is 0.138. The molecular weight excluding hydrogens is 367 g/mol. The van der Waals surface area contributed by atoms with Gasteiger partial charge in [0, 0.05) is 61.9 Å². The Labute approximate surface area is 168 Å². The maximum absolute atomic E-state index is 14.4. The minimum atomic E-state index is -0.241. The highest BCUT2D eigenvalue weighted by Crippen LogP contribution is 2.35. The number of para-hydroxylation sites is 1. The van der Waals surface area contributed by atoms with E-state index in [1.807, 2.05) is 18.2 Å². The third-order valence-corrected chi connectivity index (χ3v) is 5.93. The second kappa shape index (κ2) is 7.28. The molecule has 3 aromatic rings. The molecule has 0 amide bonds. The van der Waals surface area contributed by atoms with E-state index in [4.69, 9.17) is 5.26 Å². The number of aromatic nitrogens is 3. The third kappa shape index (κ3) is 3.25. The van der Waals surface area contributed by atoms with Gasteiger partial charge in [0.1, 0.15) is 11.6 Å². The lowest BCUT2D eigenvalue weighted by Gasteiger charge is -2.41. The van der Waals surface area contributed by atoms with Gasteiger partial charge in [0.15, 0.2) is 5.82 Å². The monoisotopic (exact) mass is 388 g/mol. The fraction of sp³-hybridized carbons (Fsp3) is 0.364. The summed E-state index contributed by atoms with van der Waals surface area (Å²) >= 11 is 0. The maximum atomic E-state index is 14.4. The van der Waals surface area contributed by atoms with E-state index in [2.05, 4.69) is 30.8 Å². The Kier molecular flexibility index (Phi) is 4.47. The van der Waals surface area contributed by atoms with Crippen LogP contribution >= 0.6 is 0 Å². The van der Waals surface area contributed by atoms with E-state index in [9.17, 15) is 4.39 Å². The predicted octanol–water partition coefficient (Wildman–Crippen LogP) is 3.51. The number of nitrogens with zero attached hydrogens (tertiary/aromatic N) is 6. The molecular formula is C22H21FN6. The van der Waals surface area contributed by atoms with Gasteiger partial charge in [0.25, 0.3) is 0 Å². The Hall–Kier alpha value is -3.27. The summed E-state index contributed by atoms with van der Waals surface area (Å²) in [4.78, 5) is 18.2. The van der Waals surface area contributed by atoms with E-state index < -0.39 is 0 Å². The molecule has 5 rings (SSSR count). The van der Waals surface area contributed by atoms with Crippen molar-refractivity contribution in [3.05, 3.63) is 54.2 Å². The van der Waals surface area contributed by atoms with Gasteiger partial charge >= 0.3 is 0 Å². The largest absolute Gasteiger partial charge is 0.355 e. The highest BCUT2D eigenvalue weighted by Gasteiger charge is 2.34. The van der Waals surface area contributed by atoms with Crippen molar-refractivity contribution in [2.75, 3.05) is 36.0 Å². The second-order valence-electron chi connectivity index (χ2n) is 7.74. The molecule has 2 aliphatic heterocycles. The Morgan fingerprint density at radius 1 is 1.03 bits per heavy atom. The van der Waals surface area contributed by atoms with Gasteiger partial charge in [-0.3, -0.25) is 4.98 Å². The summed E-state index contributed by atoms with van der Waals surface area (Å²) in [5.41, 5.74) is 1.66. The molecule has 2 saturated heterocycles. The van der Waals surface area contributed by atoms with E-state index in [0.717, 1.165) is 50.5 Å². The fourth-order valence-electron chi connectivity index (χ4n) is 4.21. The topological polar surface area (TPSA) is 68.9 Å². The van der Waals surface area contributed by atoms with E-state index in [0.29, 0.717) is 16.7 Å². The van der Waals surface area contributed by atoms with Crippen LogP contribution < -0.4 is 9.80 Å². The van der Waals surface area contributed by atoms with Gasteiger partial charge in [-0.2, -0.15) is 5.26 Å². The number of rotatable bonds is 3. The van der Waals surface area contributed by atoms with Gasteiger partial charge in [0.05, 0.1) is 17.3 Å². The minimum Gasteiger partial charge on any atom is -0.355 e. The Morgan fingerprint density at radius 2 is 1.79 bits per heavy atom. The highest BCUT2D eigenvalue weighted by atomic mass is 19.1. The van der Waals surface area contributed by atoms with Crippen LogP contribution in [0, 0.1) is 23.1 Å². The Bertz CT molecular complexity index is 1080. The summed E-state index contributed by atoms with van der Waals surface area (Å²) in [6, 6.07) is 11.2. The van der Waals surface area contributed by atoms with Crippen LogP contribution in [-0.2, 0) is 0 Å². The van der Waals surface area contributed by atoms with Gasteiger partial charge in [-0.25, -0.2) is 14.4 Å². The first-order chi connectivity index (χ1) is 14.2. The van der Waals surface area contributed by atoms with Crippen molar-refractivity contribution >= 4 is 22.5 Å². The lowest BCUT2D eigenvalue weighted by atomic mass is 9.94. The summed E-state index contributed by atoms with van der Waals surface area (Å²) in [6.07, 6.45) is 5.19. The average molecular weight is 388 g/mol. The molecule has 2 aliphatic rings. The van der Waals surface area contributed by atoms with Crippen molar-refractivity contribution in [3.63, 3.8) is 0 Å². The lowest BCUT2D eigenvalue weighted by molar-refractivity contribution is 0.473. The normalized spacial score (nSPS) is 17.9. The molecule has 0 saturated carbocycles. The van der Waals surface area contributed by atoms with Gasteiger partial charge in [-0.1, -0.05) is 12.1 Å². The van der Waals surface area contributed by atoms with Crippen LogP contribution in [0.5, 0.6) is 0 Å². The number of nitriles is 1. The molecule has 0 atom stereocenters. The van der Waals surface area contributed by atoms with Gasteiger partial charge in [0.2, 0.25) is 0 Å². The molecule has 6 nitrogen and oxygen atoms in total. The van der Waals surface area contributed by atoms with Crippen molar-refractivity contribution in [2.45, 2.75) is 18.8 Å². The van der Waals surface area contributed by atoms with E-state index in [-0.39, 0.29) is 17.7 Å². The number of hydrogen-bond acceptors (Lipinski definition) is 6. The summed E-state index contributed by atoms with van der Waals surface area (Å²) in [5, 5.41) is 9.67. The average Bonchev–Trinajstić information content (AvgIpc) is 2.73. The fourth-order valence-corrected chi connectivity index (χ4v) is 4.21. The summed E-state index contributed by atoms with van der Waals surface area (Å²) in [7, 11) is 0. The maximum Gasteiger partial charge on any atom is 0.150 e. The molecule has 0 aliphatic carbocycles. The molecule has 0 spiro atoms. The number of piperidine rings is 1. The molecule has 0 radical (unpaired) electrons. The number of anilines is 2. The molecule has 146 valence electrons. The molecule has 0 bridgehead atoms. The Balaban J connectivity index is 1.34. The van der Waals surface area contributed by atoms with Crippen LogP contribution in [0.4, 0.5) is 16.0 Å².